The molecule has 5 nitrogen and oxygen atoms in total. The smallest absolute Gasteiger partial charge is 0.252 e. The topological polar surface area (TPSA) is 64.8 Å². The normalized spacial score (nSPS) is 11.8. The first-order valence-corrected chi connectivity index (χ1v) is 9.62. The maximum atomic E-state index is 12.7. The molecule has 0 amide bonds. The fourth-order valence-electron chi connectivity index (χ4n) is 2.80. The Labute approximate surface area is 152 Å². The zero-order valence-electron chi connectivity index (χ0n) is 14.4. The summed E-state index contributed by atoms with van der Waals surface area (Å²) in [6.45, 7) is 4.07. The first-order valence-electron chi connectivity index (χ1n) is 8.18. The van der Waals surface area contributed by atoms with Crippen LogP contribution in [0, 0.1) is 13.8 Å². The number of aryl methyl sites for hydroxylation is 2. The minimum absolute atomic E-state index is 0.248. The summed E-state index contributed by atoms with van der Waals surface area (Å²) in [5.41, 5.74) is 5.28. The maximum absolute atomic E-state index is 12.7. The molecule has 0 aliphatic heterocycles. The lowest BCUT2D eigenvalue weighted by molar-refractivity contribution is 0.587. The number of nitrogens with zero attached hydrogens (tertiary/aromatic N) is 3. The van der Waals surface area contributed by atoms with Crippen LogP contribution in [0.25, 0.3) is 22.3 Å². The first-order chi connectivity index (χ1) is 12.4. The van der Waals surface area contributed by atoms with Crippen molar-refractivity contribution in [3.63, 3.8) is 0 Å². The summed E-state index contributed by atoms with van der Waals surface area (Å²) in [6, 6.07) is 14.1. The van der Waals surface area contributed by atoms with E-state index in [1.54, 1.807) is 48.8 Å². The van der Waals surface area contributed by atoms with Gasteiger partial charge in [0.05, 0.1) is 27.8 Å². The lowest BCUT2D eigenvalue weighted by Gasteiger charge is -2.06. The average molecular weight is 363 g/mol. The van der Waals surface area contributed by atoms with Crippen LogP contribution in [0.3, 0.4) is 0 Å². The molecule has 4 aromatic rings. The molecule has 2 heterocycles. The van der Waals surface area contributed by atoms with Crippen molar-refractivity contribution >= 4 is 21.1 Å². The molecule has 0 unspecified atom stereocenters. The molecule has 0 radical (unpaired) electrons. The van der Waals surface area contributed by atoms with Gasteiger partial charge in [-0.1, -0.05) is 18.2 Å². The highest BCUT2D eigenvalue weighted by atomic mass is 32.2. The van der Waals surface area contributed by atoms with E-state index < -0.39 is 10.0 Å². The van der Waals surface area contributed by atoms with Gasteiger partial charge in [-0.15, -0.1) is 0 Å². The molecule has 0 aliphatic rings. The number of benzene rings is 2. The largest absolute Gasteiger partial charge is 0.267 e. The molecule has 0 atom stereocenters. The molecule has 0 spiro atoms. The molecule has 2 aromatic carbocycles. The Balaban J connectivity index is 1.77. The van der Waals surface area contributed by atoms with E-state index in [4.69, 9.17) is 0 Å². The SMILES string of the molecule is Cc1cc2ncc(-c3ccn(S(=O)(=O)c4ccccc4)c3)nc2cc1C. The second-order valence-corrected chi connectivity index (χ2v) is 8.07. The Morgan fingerprint density at radius 2 is 1.62 bits per heavy atom. The van der Waals surface area contributed by atoms with E-state index in [2.05, 4.69) is 9.97 Å². The van der Waals surface area contributed by atoms with Gasteiger partial charge in [0.1, 0.15) is 0 Å². The molecule has 0 bridgehead atoms. The lowest BCUT2D eigenvalue weighted by atomic mass is 10.1. The molecule has 0 aliphatic carbocycles. The third-order valence-corrected chi connectivity index (χ3v) is 6.09. The molecule has 4 rings (SSSR count). The van der Waals surface area contributed by atoms with Crippen molar-refractivity contribution in [3.05, 3.63) is 78.2 Å². The van der Waals surface area contributed by atoms with Crippen LogP contribution in [-0.4, -0.2) is 22.4 Å². The Bertz CT molecular complexity index is 1210. The number of aromatic nitrogens is 3. The second kappa shape index (κ2) is 6.07. The van der Waals surface area contributed by atoms with Crippen LogP contribution < -0.4 is 0 Å². The van der Waals surface area contributed by atoms with Crippen LogP contribution >= 0.6 is 0 Å². The summed E-state index contributed by atoms with van der Waals surface area (Å²) < 4.78 is 26.6. The summed E-state index contributed by atoms with van der Waals surface area (Å²) in [5.74, 6) is 0. The van der Waals surface area contributed by atoms with Gasteiger partial charge in [0.15, 0.2) is 0 Å². The fraction of sp³-hybridized carbons (Fsp3) is 0.100. The minimum Gasteiger partial charge on any atom is -0.252 e. The minimum atomic E-state index is -3.61. The summed E-state index contributed by atoms with van der Waals surface area (Å²) in [4.78, 5) is 9.36. The Kier molecular flexibility index (Phi) is 3.85. The summed E-state index contributed by atoms with van der Waals surface area (Å²) in [7, 11) is -3.61. The van der Waals surface area contributed by atoms with Crippen molar-refractivity contribution in [2.75, 3.05) is 0 Å². The van der Waals surface area contributed by atoms with Crippen LogP contribution in [0.2, 0.25) is 0 Å². The molecule has 2 aromatic heterocycles. The van der Waals surface area contributed by atoms with Gasteiger partial charge in [0.2, 0.25) is 0 Å². The lowest BCUT2D eigenvalue weighted by Crippen LogP contribution is -2.10. The van der Waals surface area contributed by atoms with Crippen molar-refractivity contribution < 1.29 is 8.42 Å². The van der Waals surface area contributed by atoms with Crippen LogP contribution in [0.4, 0.5) is 0 Å². The fourth-order valence-corrected chi connectivity index (χ4v) is 4.02. The molecule has 0 saturated heterocycles. The quantitative estimate of drug-likeness (QED) is 0.553. The third-order valence-electron chi connectivity index (χ3n) is 4.44. The van der Waals surface area contributed by atoms with Gasteiger partial charge >= 0.3 is 0 Å². The van der Waals surface area contributed by atoms with Crippen LogP contribution in [-0.2, 0) is 10.0 Å². The van der Waals surface area contributed by atoms with E-state index in [0.717, 1.165) is 16.6 Å². The van der Waals surface area contributed by atoms with E-state index >= 15 is 0 Å². The van der Waals surface area contributed by atoms with Crippen molar-refractivity contribution in [1.82, 2.24) is 13.9 Å². The first kappa shape index (κ1) is 16.5. The van der Waals surface area contributed by atoms with Gasteiger partial charge in [-0.25, -0.2) is 17.4 Å². The van der Waals surface area contributed by atoms with E-state index in [1.165, 1.54) is 15.7 Å². The van der Waals surface area contributed by atoms with Crippen LogP contribution in [0.1, 0.15) is 11.1 Å². The van der Waals surface area contributed by atoms with E-state index in [9.17, 15) is 8.42 Å². The van der Waals surface area contributed by atoms with Gasteiger partial charge in [0, 0.05) is 18.0 Å². The third kappa shape index (κ3) is 2.78. The molecular formula is C20H17N3O2S. The monoisotopic (exact) mass is 363 g/mol. The van der Waals surface area contributed by atoms with Crippen molar-refractivity contribution in [1.29, 1.82) is 0 Å². The Morgan fingerprint density at radius 3 is 2.35 bits per heavy atom. The van der Waals surface area contributed by atoms with Crippen molar-refractivity contribution in [2.24, 2.45) is 0 Å². The predicted octanol–water partition coefficient (Wildman–Crippen LogP) is 3.95. The molecular weight excluding hydrogens is 346 g/mol. The summed E-state index contributed by atoms with van der Waals surface area (Å²) in [5, 5.41) is 0. The van der Waals surface area contributed by atoms with Gasteiger partial charge in [-0.2, -0.15) is 0 Å². The zero-order valence-corrected chi connectivity index (χ0v) is 15.2. The highest BCUT2D eigenvalue weighted by Gasteiger charge is 2.17. The van der Waals surface area contributed by atoms with E-state index in [0.29, 0.717) is 11.3 Å². The molecule has 26 heavy (non-hydrogen) atoms. The van der Waals surface area contributed by atoms with Gasteiger partial charge < -0.3 is 0 Å². The number of hydrogen-bond acceptors (Lipinski definition) is 4. The molecule has 0 saturated carbocycles. The molecule has 0 N–H and O–H groups in total. The van der Waals surface area contributed by atoms with Gasteiger partial charge in [-0.05, 0) is 55.3 Å². The number of hydrogen-bond donors (Lipinski definition) is 0. The van der Waals surface area contributed by atoms with Crippen LogP contribution in [0.15, 0.2) is 72.0 Å². The Morgan fingerprint density at radius 1 is 0.923 bits per heavy atom. The molecule has 0 fully saturated rings. The van der Waals surface area contributed by atoms with E-state index in [-0.39, 0.29) is 4.90 Å². The van der Waals surface area contributed by atoms with Gasteiger partial charge in [-0.3, -0.25) is 4.98 Å². The standard InChI is InChI=1S/C20H17N3O2S/c1-14-10-18-19(11-15(14)2)22-20(12-21-18)16-8-9-23(13-16)26(24,25)17-6-4-3-5-7-17/h3-13H,1-2H3. The zero-order chi connectivity index (χ0) is 18.3. The number of rotatable bonds is 3. The highest BCUT2D eigenvalue weighted by Crippen LogP contribution is 2.23. The highest BCUT2D eigenvalue weighted by molar-refractivity contribution is 7.90. The van der Waals surface area contributed by atoms with E-state index in [1.807, 2.05) is 26.0 Å². The van der Waals surface area contributed by atoms with Crippen molar-refractivity contribution in [3.8, 4) is 11.3 Å². The average Bonchev–Trinajstić information content (AvgIpc) is 3.14. The maximum Gasteiger partial charge on any atom is 0.267 e. The van der Waals surface area contributed by atoms with Crippen molar-refractivity contribution in [2.45, 2.75) is 18.7 Å². The molecule has 6 heteroatoms. The van der Waals surface area contributed by atoms with Crippen LogP contribution in [0.5, 0.6) is 0 Å². The Hall–Kier alpha value is -2.99. The summed E-state index contributed by atoms with van der Waals surface area (Å²) in [6.07, 6.45) is 4.77. The predicted molar refractivity (Wildman–Crippen MR) is 101 cm³/mol. The second-order valence-electron chi connectivity index (χ2n) is 6.23. The number of fused-ring (bicyclic) bond motifs is 1. The molecule has 130 valence electrons. The summed E-state index contributed by atoms with van der Waals surface area (Å²) >= 11 is 0. The van der Waals surface area contributed by atoms with Gasteiger partial charge in [0.25, 0.3) is 10.0 Å².